The van der Waals surface area contributed by atoms with Gasteiger partial charge in [-0.15, -0.1) is 0 Å². The van der Waals surface area contributed by atoms with Crippen molar-refractivity contribution in [2.24, 2.45) is 0 Å². The van der Waals surface area contributed by atoms with Gasteiger partial charge >= 0.3 is 0 Å². The monoisotopic (exact) mass is 346 g/mol. The second kappa shape index (κ2) is 6.46. The molecule has 2 heterocycles. The lowest BCUT2D eigenvalue weighted by Gasteiger charge is -2.14. The molecule has 2 amide bonds. The summed E-state index contributed by atoms with van der Waals surface area (Å²) >= 11 is 6.29. The molecule has 0 saturated heterocycles. The molecule has 0 unspecified atom stereocenters. The Morgan fingerprint density at radius 3 is 2.71 bits per heavy atom. The van der Waals surface area contributed by atoms with Crippen LogP contribution in [0.4, 0.5) is 5.69 Å². The standard InChI is InChI=1S/C16H15ClN4O3/c1-10-4-5-21(19-10)14-3-2-11(8-12(14)17)18-13-9-15(23)20(6-7-22)16(13)24/h2-5,8-9,18,22H,6-7H2,1H3. The lowest BCUT2D eigenvalue weighted by Crippen LogP contribution is -2.34. The molecule has 24 heavy (non-hydrogen) atoms. The van der Waals surface area contributed by atoms with Crippen LogP contribution >= 0.6 is 11.6 Å². The summed E-state index contributed by atoms with van der Waals surface area (Å²) in [6, 6.07) is 7.03. The Morgan fingerprint density at radius 1 is 1.29 bits per heavy atom. The number of β-amino-alcohol motifs (C(OH)–C–C–N with tert-alkyl or cyclic N) is 1. The molecule has 0 saturated carbocycles. The molecule has 124 valence electrons. The van der Waals surface area contributed by atoms with Crippen LogP contribution < -0.4 is 5.32 Å². The number of benzene rings is 1. The number of carbonyl (C=O) groups excluding carboxylic acids is 2. The fourth-order valence-electron chi connectivity index (χ4n) is 2.39. The molecule has 0 radical (unpaired) electrons. The van der Waals surface area contributed by atoms with Gasteiger partial charge in [-0.2, -0.15) is 5.10 Å². The molecule has 3 rings (SSSR count). The number of rotatable bonds is 5. The van der Waals surface area contributed by atoms with Gasteiger partial charge in [0.2, 0.25) is 0 Å². The van der Waals surface area contributed by atoms with Crippen molar-refractivity contribution in [3.8, 4) is 5.69 Å². The summed E-state index contributed by atoms with van der Waals surface area (Å²) in [4.78, 5) is 24.8. The molecule has 7 nitrogen and oxygen atoms in total. The highest BCUT2D eigenvalue weighted by Crippen LogP contribution is 2.26. The molecule has 1 aliphatic heterocycles. The van der Waals surface area contributed by atoms with E-state index in [-0.39, 0.29) is 18.8 Å². The van der Waals surface area contributed by atoms with Crippen LogP contribution in [0.25, 0.3) is 5.69 Å². The number of amides is 2. The van der Waals surface area contributed by atoms with Gasteiger partial charge in [0.1, 0.15) is 5.70 Å². The molecule has 2 aromatic rings. The SMILES string of the molecule is Cc1ccn(-c2ccc(NC3=CC(=O)N(CCO)C3=O)cc2Cl)n1. The first kappa shape index (κ1) is 16.2. The van der Waals surface area contributed by atoms with E-state index in [0.29, 0.717) is 16.4 Å². The number of aliphatic hydroxyl groups is 1. The van der Waals surface area contributed by atoms with Gasteiger partial charge in [0.15, 0.2) is 0 Å². The van der Waals surface area contributed by atoms with Gasteiger partial charge in [-0.3, -0.25) is 14.5 Å². The van der Waals surface area contributed by atoms with Crippen LogP contribution in [0, 0.1) is 6.92 Å². The van der Waals surface area contributed by atoms with Crippen LogP contribution in [0.2, 0.25) is 5.02 Å². The summed E-state index contributed by atoms with van der Waals surface area (Å²) in [5.41, 5.74) is 2.30. The number of nitrogens with one attached hydrogen (secondary N) is 1. The maximum Gasteiger partial charge on any atom is 0.277 e. The van der Waals surface area contributed by atoms with Gasteiger partial charge in [0.25, 0.3) is 11.8 Å². The minimum Gasteiger partial charge on any atom is -0.395 e. The number of aryl methyl sites for hydroxylation is 1. The predicted molar refractivity (Wildman–Crippen MR) is 88.8 cm³/mol. The number of imide groups is 1. The Balaban J connectivity index is 1.80. The van der Waals surface area contributed by atoms with Crippen molar-refractivity contribution >= 4 is 29.1 Å². The molecule has 0 atom stereocenters. The minimum absolute atomic E-state index is 0.0301. The maximum atomic E-state index is 12.1. The van der Waals surface area contributed by atoms with Crippen LogP contribution in [0.3, 0.4) is 0 Å². The van der Waals surface area contributed by atoms with E-state index in [9.17, 15) is 9.59 Å². The van der Waals surface area contributed by atoms with Crippen molar-refractivity contribution in [1.29, 1.82) is 0 Å². The largest absolute Gasteiger partial charge is 0.395 e. The predicted octanol–water partition coefficient (Wildman–Crippen LogP) is 1.49. The lowest BCUT2D eigenvalue weighted by molar-refractivity contribution is -0.137. The third kappa shape index (κ3) is 3.04. The second-order valence-electron chi connectivity index (χ2n) is 5.27. The van der Waals surface area contributed by atoms with E-state index in [2.05, 4.69) is 10.4 Å². The molecule has 1 aromatic carbocycles. The molecule has 0 aliphatic carbocycles. The molecule has 2 N–H and O–H groups in total. The van der Waals surface area contributed by atoms with Crippen LogP contribution in [-0.4, -0.2) is 44.8 Å². The van der Waals surface area contributed by atoms with E-state index in [1.807, 2.05) is 13.0 Å². The third-order valence-corrected chi connectivity index (χ3v) is 3.83. The molecule has 0 fully saturated rings. The van der Waals surface area contributed by atoms with Crippen LogP contribution in [0.15, 0.2) is 42.2 Å². The summed E-state index contributed by atoms with van der Waals surface area (Å²) in [7, 11) is 0. The number of nitrogens with zero attached hydrogens (tertiary/aromatic N) is 3. The van der Waals surface area contributed by atoms with Gasteiger partial charge < -0.3 is 10.4 Å². The van der Waals surface area contributed by atoms with Crippen LogP contribution in [-0.2, 0) is 9.59 Å². The highest BCUT2D eigenvalue weighted by Gasteiger charge is 2.30. The van der Waals surface area contributed by atoms with Gasteiger partial charge in [0.05, 0.1) is 29.6 Å². The number of hydrogen-bond acceptors (Lipinski definition) is 5. The van der Waals surface area contributed by atoms with Gasteiger partial charge in [-0.1, -0.05) is 11.6 Å². The summed E-state index contributed by atoms with van der Waals surface area (Å²) in [5, 5.41) is 16.5. The Bertz CT molecular complexity index is 844. The first-order chi connectivity index (χ1) is 11.5. The number of anilines is 1. The van der Waals surface area contributed by atoms with Crippen LogP contribution in [0.5, 0.6) is 0 Å². The van der Waals surface area contributed by atoms with Gasteiger partial charge in [0, 0.05) is 18.0 Å². The van der Waals surface area contributed by atoms with Crippen molar-refractivity contribution in [3.63, 3.8) is 0 Å². The molecular formula is C16H15ClN4O3. The zero-order valence-corrected chi connectivity index (χ0v) is 13.6. The van der Waals surface area contributed by atoms with Crippen molar-refractivity contribution in [1.82, 2.24) is 14.7 Å². The summed E-state index contributed by atoms with van der Waals surface area (Å²) in [6.07, 6.45) is 3.01. The van der Waals surface area contributed by atoms with E-state index in [1.165, 1.54) is 6.08 Å². The normalized spacial score (nSPS) is 14.3. The van der Waals surface area contributed by atoms with E-state index in [4.69, 9.17) is 16.7 Å². The second-order valence-corrected chi connectivity index (χ2v) is 5.68. The Hall–Kier alpha value is -2.64. The van der Waals surface area contributed by atoms with Gasteiger partial charge in [-0.25, -0.2) is 4.68 Å². The van der Waals surface area contributed by atoms with Crippen molar-refractivity contribution in [3.05, 3.63) is 53.0 Å². The Kier molecular flexibility index (Phi) is 4.37. The van der Waals surface area contributed by atoms with E-state index in [1.54, 1.807) is 29.1 Å². The first-order valence-corrected chi connectivity index (χ1v) is 7.65. The quantitative estimate of drug-likeness (QED) is 0.801. The van der Waals surface area contributed by atoms with E-state index in [0.717, 1.165) is 10.6 Å². The zero-order valence-electron chi connectivity index (χ0n) is 12.9. The fourth-order valence-corrected chi connectivity index (χ4v) is 2.65. The van der Waals surface area contributed by atoms with Crippen LogP contribution in [0.1, 0.15) is 5.69 Å². The highest BCUT2D eigenvalue weighted by molar-refractivity contribution is 6.32. The number of aromatic nitrogens is 2. The number of hydrogen-bond donors (Lipinski definition) is 2. The van der Waals surface area contributed by atoms with Crippen molar-refractivity contribution in [2.75, 3.05) is 18.5 Å². The number of halogens is 1. The Morgan fingerprint density at radius 2 is 2.08 bits per heavy atom. The molecule has 0 spiro atoms. The molecular weight excluding hydrogens is 332 g/mol. The topological polar surface area (TPSA) is 87.5 Å². The molecule has 8 heteroatoms. The lowest BCUT2D eigenvalue weighted by atomic mass is 10.2. The van der Waals surface area contributed by atoms with E-state index >= 15 is 0 Å². The zero-order chi connectivity index (χ0) is 17.3. The third-order valence-electron chi connectivity index (χ3n) is 3.53. The Labute approximate surface area is 143 Å². The summed E-state index contributed by atoms with van der Waals surface area (Å²) in [5.74, 6) is -0.928. The molecule has 1 aromatic heterocycles. The average molecular weight is 347 g/mol. The molecule has 0 bridgehead atoms. The average Bonchev–Trinajstić information content (AvgIpc) is 3.07. The minimum atomic E-state index is -0.475. The van der Waals surface area contributed by atoms with Crippen molar-refractivity contribution < 1.29 is 14.7 Å². The van der Waals surface area contributed by atoms with Gasteiger partial charge in [-0.05, 0) is 31.2 Å². The molecule has 1 aliphatic rings. The maximum absolute atomic E-state index is 12.1. The van der Waals surface area contributed by atoms with Crippen molar-refractivity contribution in [2.45, 2.75) is 6.92 Å². The number of carbonyl (C=O) groups is 2. The number of aliphatic hydroxyl groups excluding tert-OH is 1. The highest BCUT2D eigenvalue weighted by atomic mass is 35.5. The summed E-state index contributed by atoms with van der Waals surface area (Å²) < 4.78 is 1.66. The smallest absolute Gasteiger partial charge is 0.277 e. The first-order valence-electron chi connectivity index (χ1n) is 7.27. The fraction of sp³-hybridized carbons (Fsp3) is 0.188. The summed E-state index contributed by atoms with van der Waals surface area (Å²) in [6.45, 7) is 1.58. The van der Waals surface area contributed by atoms with E-state index < -0.39 is 11.8 Å².